The number of sulfonamides is 1. The monoisotopic (exact) mass is 469 g/mol. The summed E-state index contributed by atoms with van der Waals surface area (Å²) in [5.74, 6) is 1.88. The number of hydrogen-bond donors (Lipinski definition) is 1. The van der Waals surface area contributed by atoms with Crippen molar-refractivity contribution in [2.45, 2.75) is 17.7 Å². The van der Waals surface area contributed by atoms with Crippen molar-refractivity contribution in [3.8, 4) is 22.2 Å². The number of benzene rings is 2. The second-order valence-corrected chi connectivity index (χ2v) is 9.72. The summed E-state index contributed by atoms with van der Waals surface area (Å²) in [7, 11) is -3.85. The zero-order valence-electron chi connectivity index (χ0n) is 16.9. The molecule has 1 N–H and O–H groups in total. The van der Waals surface area contributed by atoms with Gasteiger partial charge in [0.2, 0.25) is 11.7 Å². The number of para-hydroxylation sites is 1. The van der Waals surface area contributed by atoms with Crippen LogP contribution in [-0.2, 0) is 16.4 Å². The molecule has 4 aromatic rings. The fraction of sp³-hybridized carbons (Fsp3) is 0.182. The van der Waals surface area contributed by atoms with Crippen molar-refractivity contribution in [1.82, 2.24) is 10.1 Å². The molecule has 0 fully saturated rings. The Morgan fingerprint density at radius 2 is 1.84 bits per heavy atom. The van der Waals surface area contributed by atoms with Gasteiger partial charge >= 0.3 is 0 Å². The van der Waals surface area contributed by atoms with Crippen molar-refractivity contribution in [2.24, 2.45) is 0 Å². The van der Waals surface area contributed by atoms with Gasteiger partial charge in [0.25, 0.3) is 10.0 Å². The third-order valence-electron chi connectivity index (χ3n) is 4.84. The van der Waals surface area contributed by atoms with Gasteiger partial charge in [-0.25, -0.2) is 8.42 Å². The van der Waals surface area contributed by atoms with Crippen molar-refractivity contribution in [2.75, 3.05) is 17.9 Å². The summed E-state index contributed by atoms with van der Waals surface area (Å²) in [6.45, 7) is 1.01. The van der Waals surface area contributed by atoms with Crippen LogP contribution in [0.3, 0.4) is 0 Å². The maximum Gasteiger partial charge on any atom is 0.262 e. The van der Waals surface area contributed by atoms with Crippen LogP contribution in [0.4, 0.5) is 5.69 Å². The summed E-state index contributed by atoms with van der Waals surface area (Å²) in [5.41, 5.74) is 1.15. The summed E-state index contributed by atoms with van der Waals surface area (Å²) < 4.78 is 45.4. The molecule has 0 unspecified atom stereocenters. The number of anilines is 1. The summed E-state index contributed by atoms with van der Waals surface area (Å²) in [6, 6.07) is 15.5. The van der Waals surface area contributed by atoms with Crippen LogP contribution in [0.5, 0.6) is 11.5 Å². The fourth-order valence-electron chi connectivity index (χ4n) is 3.28. The smallest absolute Gasteiger partial charge is 0.262 e. The highest BCUT2D eigenvalue weighted by Gasteiger charge is 2.21. The highest BCUT2D eigenvalue weighted by Crippen LogP contribution is 2.33. The number of nitrogens with one attached hydrogen (secondary N) is 1. The lowest BCUT2D eigenvalue weighted by Gasteiger charge is -2.13. The molecule has 2 aromatic heterocycles. The molecule has 0 atom stereocenters. The van der Waals surface area contributed by atoms with Crippen LogP contribution in [0.25, 0.3) is 10.7 Å². The van der Waals surface area contributed by atoms with E-state index in [4.69, 9.17) is 14.0 Å². The molecular formula is C22H19N3O5S2. The average Bonchev–Trinajstić information content (AvgIpc) is 3.42. The Balaban J connectivity index is 1.39. The van der Waals surface area contributed by atoms with Crippen LogP contribution in [0, 0.1) is 0 Å². The van der Waals surface area contributed by atoms with Crippen molar-refractivity contribution in [1.29, 1.82) is 0 Å². The number of fused-ring (bicyclic) bond motifs is 1. The van der Waals surface area contributed by atoms with Crippen molar-refractivity contribution in [3.05, 3.63) is 71.4 Å². The van der Waals surface area contributed by atoms with E-state index < -0.39 is 10.0 Å². The van der Waals surface area contributed by atoms with Gasteiger partial charge in [-0.05, 0) is 35.2 Å². The average molecular weight is 470 g/mol. The fourth-order valence-corrected chi connectivity index (χ4v) is 5.05. The second-order valence-electron chi connectivity index (χ2n) is 7.09. The van der Waals surface area contributed by atoms with Crippen LogP contribution in [0.2, 0.25) is 0 Å². The topological polar surface area (TPSA) is 104 Å². The van der Waals surface area contributed by atoms with E-state index >= 15 is 0 Å². The summed E-state index contributed by atoms with van der Waals surface area (Å²) in [4.78, 5) is 5.42. The minimum absolute atomic E-state index is 0.0920. The Labute approximate surface area is 188 Å². The van der Waals surface area contributed by atoms with Gasteiger partial charge in [0.05, 0.1) is 35.1 Å². The molecule has 0 spiro atoms. The minimum atomic E-state index is -3.85. The van der Waals surface area contributed by atoms with Gasteiger partial charge < -0.3 is 14.0 Å². The molecule has 1 aliphatic heterocycles. The van der Waals surface area contributed by atoms with Crippen LogP contribution in [0.15, 0.2) is 69.4 Å². The molecule has 0 saturated heterocycles. The predicted molar refractivity (Wildman–Crippen MR) is 120 cm³/mol. The number of ether oxygens (including phenoxy) is 2. The molecule has 5 rings (SSSR count). The molecule has 0 amide bonds. The standard InChI is InChI=1S/C22H19N3O5S2/c26-32(27,16-8-9-18-19(14-16)29-11-4-10-28-18)25-17-6-2-1-5-15(17)13-21-23-22(24-30-21)20-7-3-12-31-20/h1-3,5-9,12,14,25H,4,10-11,13H2. The van der Waals surface area contributed by atoms with Crippen molar-refractivity contribution in [3.63, 3.8) is 0 Å². The first kappa shape index (κ1) is 20.5. The largest absolute Gasteiger partial charge is 0.490 e. The first-order valence-electron chi connectivity index (χ1n) is 9.95. The summed E-state index contributed by atoms with van der Waals surface area (Å²) >= 11 is 1.52. The van der Waals surface area contributed by atoms with Gasteiger partial charge in [-0.2, -0.15) is 4.98 Å². The highest BCUT2D eigenvalue weighted by molar-refractivity contribution is 7.92. The van der Waals surface area contributed by atoms with E-state index in [1.807, 2.05) is 29.6 Å². The van der Waals surface area contributed by atoms with E-state index in [1.165, 1.54) is 23.5 Å². The molecule has 0 radical (unpaired) electrons. The van der Waals surface area contributed by atoms with Gasteiger partial charge in [-0.15, -0.1) is 11.3 Å². The van der Waals surface area contributed by atoms with E-state index in [9.17, 15) is 8.42 Å². The number of thiophene rings is 1. The number of hydrogen-bond acceptors (Lipinski definition) is 8. The van der Waals surface area contributed by atoms with Gasteiger partial charge in [0.1, 0.15) is 0 Å². The number of aromatic nitrogens is 2. The Bertz CT molecular complexity index is 1330. The normalized spacial score (nSPS) is 13.5. The molecule has 3 heterocycles. The SMILES string of the molecule is O=S(=O)(Nc1ccccc1Cc1nc(-c2cccs2)no1)c1ccc2c(c1)OCCCO2. The Morgan fingerprint density at radius 1 is 1.00 bits per heavy atom. The zero-order chi connectivity index (χ0) is 22.0. The molecule has 10 heteroatoms. The van der Waals surface area contributed by atoms with Gasteiger partial charge in [-0.1, -0.05) is 29.4 Å². The van der Waals surface area contributed by atoms with E-state index in [-0.39, 0.29) is 11.3 Å². The van der Waals surface area contributed by atoms with Gasteiger partial charge in [0, 0.05) is 12.5 Å². The molecule has 2 aromatic carbocycles. The molecule has 0 saturated carbocycles. The summed E-state index contributed by atoms with van der Waals surface area (Å²) in [5, 5.41) is 5.95. The minimum Gasteiger partial charge on any atom is -0.490 e. The lowest BCUT2D eigenvalue weighted by Crippen LogP contribution is -2.14. The molecule has 164 valence electrons. The van der Waals surface area contributed by atoms with Gasteiger partial charge in [0.15, 0.2) is 11.5 Å². The molecule has 0 aliphatic carbocycles. The maximum atomic E-state index is 13.1. The lowest BCUT2D eigenvalue weighted by atomic mass is 10.1. The quantitative estimate of drug-likeness (QED) is 0.448. The number of rotatable bonds is 6. The lowest BCUT2D eigenvalue weighted by molar-refractivity contribution is 0.297. The second kappa shape index (κ2) is 8.64. The molecule has 32 heavy (non-hydrogen) atoms. The summed E-state index contributed by atoms with van der Waals surface area (Å²) in [6.07, 6.45) is 1.03. The maximum absolute atomic E-state index is 13.1. The third kappa shape index (κ3) is 4.32. The van der Waals surface area contributed by atoms with Crippen LogP contribution >= 0.6 is 11.3 Å². The van der Waals surface area contributed by atoms with E-state index in [0.717, 1.165) is 11.3 Å². The highest BCUT2D eigenvalue weighted by atomic mass is 32.2. The Hall–Kier alpha value is -3.37. The van der Waals surface area contributed by atoms with E-state index in [2.05, 4.69) is 14.9 Å². The van der Waals surface area contributed by atoms with Crippen molar-refractivity contribution >= 4 is 27.0 Å². The van der Waals surface area contributed by atoms with Crippen molar-refractivity contribution < 1.29 is 22.4 Å². The molecule has 1 aliphatic rings. The third-order valence-corrected chi connectivity index (χ3v) is 7.07. The first-order valence-corrected chi connectivity index (χ1v) is 12.3. The predicted octanol–water partition coefficient (Wildman–Crippen LogP) is 4.35. The van der Waals surface area contributed by atoms with E-state index in [0.29, 0.717) is 47.7 Å². The molecule has 0 bridgehead atoms. The molecular weight excluding hydrogens is 450 g/mol. The van der Waals surface area contributed by atoms with Crippen LogP contribution < -0.4 is 14.2 Å². The zero-order valence-corrected chi connectivity index (χ0v) is 18.5. The van der Waals surface area contributed by atoms with E-state index in [1.54, 1.807) is 18.2 Å². The van der Waals surface area contributed by atoms with Crippen LogP contribution in [-0.4, -0.2) is 31.8 Å². The first-order chi connectivity index (χ1) is 15.6. The van der Waals surface area contributed by atoms with Crippen LogP contribution in [0.1, 0.15) is 17.9 Å². The molecule has 8 nitrogen and oxygen atoms in total. The van der Waals surface area contributed by atoms with Gasteiger partial charge in [-0.3, -0.25) is 4.72 Å². The number of nitrogens with zero attached hydrogens (tertiary/aromatic N) is 2. The Kier molecular flexibility index (Phi) is 5.54. The Morgan fingerprint density at radius 3 is 2.69 bits per heavy atom.